The van der Waals surface area contributed by atoms with Gasteiger partial charge in [0.1, 0.15) is 0 Å². The maximum Gasteiger partial charge on any atom is 0.0817 e. The fourth-order valence-corrected chi connectivity index (χ4v) is 8.34. The lowest BCUT2D eigenvalue weighted by Crippen LogP contribution is -2.31. The Labute approximate surface area is 324 Å². The summed E-state index contributed by atoms with van der Waals surface area (Å²) in [4.78, 5) is 0. The molecule has 0 heterocycles. The lowest BCUT2D eigenvalue weighted by Gasteiger charge is -2.22. The van der Waals surface area contributed by atoms with Crippen molar-refractivity contribution in [2.24, 2.45) is 5.73 Å². The van der Waals surface area contributed by atoms with Crippen LogP contribution in [0.5, 0.6) is 0 Å². The van der Waals surface area contributed by atoms with Gasteiger partial charge in [-0.3, -0.25) is 5.32 Å². The van der Waals surface area contributed by atoms with E-state index in [9.17, 15) is 0 Å². The molecule has 2 nitrogen and oxygen atoms in total. The smallest absolute Gasteiger partial charge is 0.0817 e. The van der Waals surface area contributed by atoms with Crippen molar-refractivity contribution in [2.45, 2.75) is 31.5 Å². The summed E-state index contributed by atoms with van der Waals surface area (Å²) in [7, 11) is 0. The van der Waals surface area contributed by atoms with Crippen molar-refractivity contribution in [3.05, 3.63) is 222 Å². The second-order valence-electron chi connectivity index (χ2n) is 15.2. The molecule has 8 aromatic rings. The van der Waals surface area contributed by atoms with E-state index in [-0.39, 0.29) is 17.6 Å². The monoisotopic (exact) mass is 708 g/mol. The zero-order chi connectivity index (χ0) is 37.4. The second kappa shape index (κ2) is 14.5. The highest BCUT2D eigenvalue weighted by atomic mass is 15.0. The molecule has 3 N–H and O–H groups in total. The van der Waals surface area contributed by atoms with Crippen LogP contribution in [0.15, 0.2) is 194 Å². The minimum absolute atomic E-state index is 0.0862. The highest BCUT2D eigenvalue weighted by molar-refractivity contribution is 5.98. The molecule has 2 heteroatoms. The molecule has 0 amide bonds. The zero-order valence-electron chi connectivity index (χ0n) is 31.3. The minimum atomic E-state index is -0.345. The number of hydrogen-bond donors (Lipinski definition) is 2. The van der Waals surface area contributed by atoms with Gasteiger partial charge in [-0.1, -0.05) is 190 Å². The first kappa shape index (κ1) is 34.4. The van der Waals surface area contributed by atoms with E-state index in [0.717, 1.165) is 16.7 Å². The predicted octanol–water partition coefficient (Wildman–Crippen LogP) is 13.1. The summed E-state index contributed by atoms with van der Waals surface area (Å²) in [5.41, 5.74) is 22.8. The summed E-state index contributed by atoms with van der Waals surface area (Å²) in [5.74, 6) is 0. The van der Waals surface area contributed by atoms with Crippen LogP contribution in [0.25, 0.3) is 61.4 Å². The van der Waals surface area contributed by atoms with Gasteiger partial charge in [-0.15, -0.1) is 0 Å². The van der Waals surface area contributed by atoms with Crippen LogP contribution >= 0.6 is 0 Å². The van der Waals surface area contributed by atoms with E-state index in [1.807, 2.05) is 18.2 Å². The molecular weight excluding hydrogens is 665 g/mol. The molecule has 0 aliphatic heterocycles. The van der Waals surface area contributed by atoms with Gasteiger partial charge in [0.25, 0.3) is 0 Å². The van der Waals surface area contributed by atoms with E-state index >= 15 is 0 Å². The first-order valence-corrected chi connectivity index (χ1v) is 19.2. The van der Waals surface area contributed by atoms with E-state index in [0.29, 0.717) is 0 Å². The van der Waals surface area contributed by atoms with Crippen molar-refractivity contribution in [2.75, 3.05) is 0 Å². The Morgan fingerprint density at radius 2 is 1.05 bits per heavy atom. The molecule has 1 aliphatic rings. The lowest BCUT2D eigenvalue weighted by atomic mass is 9.81. The molecule has 2 atom stereocenters. The molecule has 0 spiro atoms. The fraction of sp³-hybridized carbons (Fsp3) is 0.0943. The van der Waals surface area contributed by atoms with E-state index < -0.39 is 0 Å². The largest absolute Gasteiger partial charge is 0.312 e. The molecular formula is C53H44N2. The Morgan fingerprint density at radius 3 is 1.82 bits per heavy atom. The van der Waals surface area contributed by atoms with E-state index in [1.54, 1.807) is 0 Å². The van der Waals surface area contributed by atoms with Gasteiger partial charge in [0.15, 0.2) is 0 Å². The summed E-state index contributed by atoms with van der Waals surface area (Å²) in [6.45, 7) is 4.72. The van der Waals surface area contributed by atoms with Gasteiger partial charge in [0.2, 0.25) is 0 Å². The van der Waals surface area contributed by atoms with E-state index in [4.69, 9.17) is 5.73 Å². The Hall–Kier alpha value is -6.32. The first-order valence-electron chi connectivity index (χ1n) is 19.2. The predicted molar refractivity (Wildman–Crippen MR) is 233 cm³/mol. The van der Waals surface area contributed by atoms with E-state index in [2.05, 4.69) is 201 Å². The zero-order valence-corrected chi connectivity index (χ0v) is 31.3. The van der Waals surface area contributed by atoms with Crippen molar-refractivity contribution >= 4 is 16.8 Å². The third-order valence-corrected chi connectivity index (χ3v) is 11.3. The van der Waals surface area contributed by atoms with Gasteiger partial charge in [-0.25, -0.2) is 0 Å². The summed E-state index contributed by atoms with van der Waals surface area (Å²) >= 11 is 0. The van der Waals surface area contributed by atoms with E-state index in [1.165, 1.54) is 66.4 Å². The molecule has 0 radical (unpaired) electrons. The molecule has 266 valence electrons. The molecule has 2 unspecified atom stereocenters. The average Bonchev–Trinajstić information content (AvgIpc) is 3.47. The molecule has 9 rings (SSSR count). The maximum atomic E-state index is 6.83. The summed E-state index contributed by atoms with van der Waals surface area (Å²) in [6, 6.07) is 67.5. The number of nitrogens with two attached hydrogens (primary N) is 1. The molecule has 1 aliphatic carbocycles. The van der Waals surface area contributed by atoms with Crippen molar-refractivity contribution in [1.82, 2.24) is 5.32 Å². The van der Waals surface area contributed by atoms with Gasteiger partial charge >= 0.3 is 0 Å². The standard InChI is InChI=1S/C53H44N2/c1-53(2)48-25-13-24-46(51(48)47-34-42-19-9-10-20-43(42)35-49(47)53)44-22-11-14-36(32-44)26-31-50(55-52(54)40-17-7-4-8-18-40)45-23-12-21-41(33-45)39-29-27-38(28-30-39)37-15-5-3-6-16-37/h3-35,50,52,55H,54H2,1-2H3/b31-26+. The molecule has 0 bridgehead atoms. The summed E-state index contributed by atoms with van der Waals surface area (Å²) < 4.78 is 0. The summed E-state index contributed by atoms with van der Waals surface area (Å²) in [6.07, 6.45) is 4.14. The van der Waals surface area contributed by atoms with Crippen LogP contribution in [0.1, 0.15) is 53.9 Å². The average molecular weight is 709 g/mol. The van der Waals surface area contributed by atoms with Crippen molar-refractivity contribution in [3.8, 4) is 44.5 Å². The first-order chi connectivity index (χ1) is 26.9. The third kappa shape index (κ3) is 6.72. The molecule has 0 fully saturated rings. The van der Waals surface area contributed by atoms with Crippen molar-refractivity contribution in [3.63, 3.8) is 0 Å². The third-order valence-electron chi connectivity index (χ3n) is 11.3. The van der Waals surface area contributed by atoms with Crippen LogP contribution in [-0.2, 0) is 5.41 Å². The Kier molecular flexibility index (Phi) is 9.07. The lowest BCUT2D eigenvalue weighted by molar-refractivity contribution is 0.509. The van der Waals surface area contributed by atoms with Crippen LogP contribution in [-0.4, -0.2) is 0 Å². The summed E-state index contributed by atoms with van der Waals surface area (Å²) in [5, 5.41) is 6.30. The topological polar surface area (TPSA) is 38.0 Å². The molecule has 0 aromatic heterocycles. The van der Waals surface area contributed by atoms with Gasteiger partial charge < -0.3 is 5.73 Å². The quantitative estimate of drug-likeness (QED) is 0.147. The van der Waals surface area contributed by atoms with Gasteiger partial charge in [0, 0.05) is 5.41 Å². The Balaban J connectivity index is 1.06. The molecule has 8 aromatic carbocycles. The number of fused-ring (bicyclic) bond motifs is 4. The van der Waals surface area contributed by atoms with Crippen molar-refractivity contribution in [1.29, 1.82) is 0 Å². The Bertz CT molecular complexity index is 2650. The van der Waals surface area contributed by atoms with Crippen molar-refractivity contribution < 1.29 is 0 Å². The second-order valence-corrected chi connectivity index (χ2v) is 15.2. The molecule has 0 saturated carbocycles. The number of rotatable bonds is 9. The SMILES string of the molecule is CC1(C)c2cc3ccccc3cc2-c2c(-c3cccc(/C=C/C(NC(N)c4ccccc4)c4cccc(-c5ccc(-c6ccccc6)cc5)c4)c3)cccc21. The highest BCUT2D eigenvalue weighted by Gasteiger charge is 2.37. The molecule has 0 saturated heterocycles. The highest BCUT2D eigenvalue weighted by Crippen LogP contribution is 2.53. The number of benzene rings is 8. The minimum Gasteiger partial charge on any atom is -0.312 e. The van der Waals surface area contributed by atoms with Crippen LogP contribution in [0, 0.1) is 0 Å². The Morgan fingerprint density at radius 1 is 0.473 bits per heavy atom. The van der Waals surface area contributed by atoms with Crippen LogP contribution < -0.4 is 11.1 Å². The van der Waals surface area contributed by atoms with Crippen LogP contribution in [0.2, 0.25) is 0 Å². The molecule has 55 heavy (non-hydrogen) atoms. The maximum absolute atomic E-state index is 6.83. The van der Waals surface area contributed by atoms with Gasteiger partial charge in [-0.05, 0) is 107 Å². The van der Waals surface area contributed by atoms with Gasteiger partial charge in [-0.2, -0.15) is 0 Å². The normalized spacial score (nSPS) is 14.1. The van der Waals surface area contributed by atoms with Gasteiger partial charge in [0.05, 0.1) is 12.2 Å². The van der Waals surface area contributed by atoms with Crippen LogP contribution in [0.3, 0.4) is 0 Å². The van der Waals surface area contributed by atoms with Crippen LogP contribution in [0.4, 0.5) is 0 Å². The number of hydrogen-bond acceptors (Lipinski definition) is 2. The number of nitrogens with one attached hydrogen (secondary N) is 1. The fourth-order valence-electron chi connectivity index (χ4n) is 8.34.